The second-order valence-electron chi connectivity index (χ2n) is 7.86. The number of nitrogens with one attached hydrogen (secondary N) is 1. The molecule has 1 aliphatic heterocycles. The van der Waals surface area contributed by atoms with Gasteiger partial charge >= 0.3 is 0 Å². The van der Waals surface area contributed by atoms with Crippen LogP contribution in [-0.2, 0) is 10.5 Å². The predicted octanol–water partition coefficient (Wildman–Crippen LogP) is 5.42. The Morgan fingerprint density at radius 2 is 1.93 bits per heavy atom. The number of thioether (sulfide) groups is 1. The van der Waals surface area contributed by atoms with Crippen molar-refractivity contribution < 1.29 is 4.79 Å². The molecule has 28 heavy (non-hydrogen) atoms. The summed E-state index contributed by atoms with van der Waals surface area (Å²) in [4.78, 5) is 14.7. The molecule has 1 saturated heterocycles. The number of anilines is 1. The number of benzene rings is 2. The molecule has 0 bridgehead atoms. The Morgan fingerprint density at radius 3 is 2.64 bits per heavy atom. The highest BCUT2D eigenvalue weighted by molar-refractivity contribution is 7.98. The van der Waals surface area contributed by atoms with Gasteiger partial charge in [0.2, 0.25) is 5.91 Å². The van der Waals surface area contributed by atoms with Crippen LogP contribution >= 0.6 is 11.8 Å². The van der Waals surface area contributed by atoms with E-state index in [1.807, 2.05) is 17.8 Å². The highest BCUT2D eigenvalue weighted by Gasteiger charge is 2.17. The maximum atomic E-state index is 12.3. The Morgan fingerprint density at radius 1 is 1.18 bits per heavy atom. The molecule has 0 radical (unpaired) electrons. The number of hydrogen-bond donors (Lipinski definition) is 1. The van der Waals surface area contributed by atoms with E-state index in [9.17, 15) is 4.79 Å². The number of carbonyl (C=O) groups excluding carboxylic acids is 1. The first-order valence-corrected chi connectivity index (χ1v) is 11.5. The average molecular weight is 397 g/mol. The zero-order valence-electron chi connectivity index (χ0n) is 17.1. The Kier molecular flexibility index (Phi) is 7.84. The van der Waals surface area contributed by atoms with Gasteiger partial charge in [0, 0.05) is 36.7 Å². The predicted molar refractivity (Wildman–Crippen MR) is 121 cm³/mol. The SMILES string of the molecule is C[C@@H]1CCCN(c2ccc([C@H](C)NC(=O)CCSCc3ccccc3)cc2)C1. The fraction of sp³-hybridized carbons (Fsp3) is 0.458. The molecule has 2 atom stereocenters. The van der Waals surface area contributed by atoms with Crippen LogP contribution in [0, 0.1) is 5.92 Å². The molecule has 3 nitrogen and oxygen atoms in total. The van der Waals surface area contributed by atoms with Crippen LogP contribution in [0.15, 0.2) is 54.6 Å². The fourth-order valence-electron chi connectivity index (χ4n) is 3.72. The summed E-state index contributed by atoms with van der Waals surface area (Å²) in [6.45, 7) is 6.69. The topological polar surface area (TPSA) is 32.3 Å². The number of nitrogens with zero attached hydrogens (tertiary/aromatic N) is 1. The van der Waals surface area contributed by atoms with E-state index in [1.165, 1.54) is 29.7 Å². The zero-order chi connectivity index (χ0) is 19.8. The summed E-state index contributed by atoms with van der Waals surface area (Å²) in [5, 5.41) is 3.14. The molecule has 2 aromatic rings. The molecule has 1 heterocycles. The maximum absolute atomic E-state index is 12.3. The first-order valence-electron chi connectivity index (χ1n) is 10.4. The Bertz CT molecular complexity index is 732. The number of hydrogen-bond acceptors (Lipinski definition) is 3. The summed E-state index contributed by atoms with van der Waals surface area (Å²) in [5.41, 5.74) is 3.77. The molecule has 0 saturated carbocycles. The van der Waals surface area contributed by atoms with Gasteiger partial charge in [0.1, 0.15) is 0 Å². The minimum Gasteiger partial charge on any atom is -0.371 e. The molecule has 1 amide bonds. The van der Waals surface area contributed by atoms with Crippen LogP contribution in [0.1, 0.15) is 50.3 Å². The normalized spacial score (nSPS) is 17.9. The van der Waals surface area contributed by atoms with Gasteiger partial charge in [-0.2, -0.15) is 11.8 Å². The van der Waals surface area contributed by atoms with Crippen molar-refractivity contribution >= 4 is 23.4 Å². The Balaban J connectivity index is 1.41. The molecule has 0 aliphatic carbocycles. The van der Waals surface area contributed by atoms with Gasteiger partial charge in [0.15, 0.2) is 0 Å². The van der Waals surface area contributed by atoms with Crippen molar-refractivity contribution in [3.63, 3.8) is 0 Å². The van der Waals surface area contributed by atoms with Crippen LogP contribution in [0.5, 0.6) is 0 Å². The van der Waals surface area contributed by atoms with Gasteiger partial charge in [-0.25, -0.2) is 0 Å². The second-order valence-corrected chi connectivity index (χ2v) is 8.97. The number of piperidine rings is 1. The lowest BCUT2D eigenvalue weighted by atomic mass is 9.99. The zero-order valence-corrected chi connectivity index (χ0v) is 17.9. The van der Waals surface area contributed by atoms with E-state index in [0.717, 1.165) is 30.5 Å². The first-order chi connectivity index (χ1) is 13.6. The number of amides is 1. The van der Waals surface area contributed by atoms with Gasteiger partial charge in [0.05, 0.1) is 6.04 Å². The number of rotatable bonds is 8. The Labute approximate surface area is 173 Å². The molecule has 0 aromatic heterocycles. The lowest BCUT2D eigenvalue weighted by molar-refractivity contribution is -0.121. The second kappa shape index (κ2) is 10.6. The summed E-state index contributed by atoms with van der Waals surface area (Å²) < 4.78 is 0. The van der Waals surface area contributed by atoms with E-state index in [2.05, 4.69) is 72.6 Å². The monoisotopic (exact) mass is 396 g/mol. The third-order valence-corrected chi connectivity index (χ3v) is 6.41. The van der Waals surface area contributed by atoms with E-state index < -0.39 is 0 Å². The van der Waals surface area contributed by atoms with Crippen molar-refractivity contribution in [1.29, 1.82) is 0 Å². The molecule has 3 rings (SSSR count). The third-order valence-electron chi connectivity index (χ3n) is 5.38. The lowest BCUT2D eigenvalue weighted by Gasteiger charge is -2.33. The van der Waals surface area contributed by atoms with Gasteiger partial charge in [0.25, 0.3) is 0 Å². The Hall–Kier alpha value is -1.94. The van der Waals surface area contributed by atoms with E-state index in [4.69, 9.17) is 0 Å². The summed E-state index contributed by atoms with van der Waals surface area (Å²) in [6, 6.07) is 19.2. The highest BCUT2D eigenvalue weighted by atomic mass is 32.2. The molecule has 4 heteroatoms. The van der Waals surface area contributed by atoms with Crippen LogP contribution in [0.2, 0.25) is 0 Å². The van der Waals surface area contributed by atoms with Crippen molar-refractivity contribution in [3.05, 3.63) is 65.7 Å². The molecule has 0 spiro atoms. The van der Waals surface area contributed by atoms with Crippen LogP contribution in [0.25, 0.3) is 0 Å². The third kappa shape index (κ3) is 6.30. The minimum absolute atomic E-state index is 0.0425. The highest BCUT2D eigenvalue weighted by Crippen LogP contribution is 2.24. The molecule has 2 aromatic carbocycles. The summed E-state index contributed by atoms with van der Waals surface area (Å²) in [6.07, 6.45) is 3.17. The van der Waals surface area contributed by atoms with Crippen molar-refractivity contribution in [1.82, 2.24) is 5.32 Å². The summed E-state index contributed by atoms with van der Waals surface area (Å²) in [7, 11) is 0. The van der Waals surface area contributed by atoms with Gasteiger partial charge in [-0.1, -0.05) is 49.4 Å². The molecule has 1 N–H and O–H groups in total. The molecule has 1 aliphatic rings. The average Bonchev–Trinajstić information content (AvgIpc) is 2.72. The quantitative estimate of drug-likeness (QED) is 0.604. The molecule has 0 unspecified atom stereocenters. The van der Waals surface area contributed by atoms with Gasteiger partial charge in [-0.3, -0.25) is 4.79 Å². The smallest absolute Gasteiger partial charge is 0.221 e. The summed E-state index contributed by atoms with van der Waals surface area (Å²) >= 11 is 1.81. The largest absolute Gasteiger partial charge is 0.371 e. The van der Waals surface area contributed by atoms with Crippen molar-refractivity contribution in [2.45, 2.75) is 44.9 Å². The maximum Gasteiger partial charge on any atom is 0.221 e. The van der Waals surface area contributed by atoms with Crippen molar-refractivity contribution in [2.75, 3.05) is 23.7 Å². The van der Waals surface area contributed by atoms with Gasteiger partial charge in [-0.15, -0.1) is 0 Å². The lowest BCUT2D eigenvalue weighted by Crippen LogP contribution is -2.34. The van der Waals surface area contributed by atoms with Gasteiger partial charge < -0.3 is 10.2 Å². The fourth-order valence-corrected chi connectivity index (χ4v) is 4.63. The van der Waals surface area contributed by atoms with E-state index in [0.29, 0.717) is 6.42 Å². The summed E-state index contributed by atoms with van der Waals surface area (Å²) in [5.74, 6) is 2.70. The van der Waals surface area contributed by atoms with E-state index in [-0.39, 0.29) is 11.9 Å². The van der Waals surface area contributed by atoms with Crippen LogP contribution < -0.4 is 10.2 Å². The van der Waals surface area contributed by atoms with Crippen LogP contribution in [0.3, 0.4) is 0 Å². The molecule has 150 valence electrons. The van der Waals surface area contributed by atoms with Gasteiger partial charge in [-0.05, 0) is 48.9 Å². The van der Waals surface area contributed by atoms with E-state index in [1.54, 1.807) is 0 Å². The number of carbonyl (C=O) groups is 1. The molecule has 1 fully saturated rings. The standard InChI is InChI=1S/C24H32N2OS/c1-19-7-6-15-26(17-19)23-12-10-22(11-13-23)20(2)25-24(27)14-16-28-18-21-8-4-3-5-9-21/h3-5,8-13,19-20H,6-7,14-18H2,1-2H3,(H,25,27)/t19-,20+/m1/s1. The minimum atomic E-state index is 0.0425. The van der Waals surface area contributed by atoms with E-state index >= 15 is 0 Å². The van der Waals surface area contributed by atoms with Crippen LogP contribution in [0.4, 0.5) is 5.69 Å². The first kappa shape index (κ1) is 20.8. The molecular weight excluding hydrogens is 364 g/mol. The van der Waals surface area contributed by atoms with Crippen molar-refractivity contribution in [2.24, 2.45) is 5.92 Å². The van der Waals surface area contributed by atoms with Crippen LogP contribution in [-0.4, -0.2) is 24.7 Å². The van der Waals surface area contributed by atoms with Crippen molar-refractivity contribution in [3.8, 4) is 0 Å². The molecular formula is C24H32N2OS.